The number of fused-ring (bicyclic) bond motifs is 1. The van der Waals surface area contributed by atoms with Crippen molar-refractivity contribution in [1.29, 1.82) is 0 Å². The topological polar surface area (TPSA) is 50.2 Å². The van der Waals surface area contributed by atoms with Crippen LogP contribution in [-0.4, -0.2) is 39.7 Å². The van der Waals surface area contributed by atoms with Crippen molar-refractivity contribution in [2.75, 3.05) is 13.1 Å². The van der Waals surface area contributed by atoms with E-state index in [0.29, 0.717) is 6.54 Å². The lowest BCUT2D eigenvalue weighted by molar-refractivity contribution is 0.0950. The Morgan fingerprint density at radius 2 is 2.00 bits per heavy atom. The van der Waals surface area contributed by atoms with E-state index in [2.05, 4.69) is 27.4 Å². The summed E-state index contributed by atoms with van der Waals surface area (Å²) < 4.78 is 1.75. The van der Waals surface area contributed by atoms with Gasteiger partial charge in [-0.2, -0.15) is 5.10 Å². The van der Waals surface area contributed by atoms with Crippen LogP contribution in [0.15, 0.2) is 30.5 Å². The van der Waals surface area contributed by atoms with Gasteiger partial charge in [0.1, 0.15) is 0 Å². The molecule has 0 spiro atoms. The highest BCUT2D eigenvalue weighted by Gasteiger charge is 2.26. The fraction of sp³-hybridized carbons (Fsp3) is 0.500. The van der Waals surface area contributed by atoms with Gasteiger partial charge in [0.05, 0.1) is 12.2 Å². The highest BCUT2D eigenvalue weighted by Crippen LogP contribution is 2.27. The second-order valence-electron chi connectivity index (χ2n) is 7.27. The number of hydrogen-bond acceptors (Lipinski definition) is 3. The van der Waals surface area contributed by atoms with Gasteiger partial charge in [0, 0.05) is 37.9 Å². The molecule has 1 aromatic heterocycles. The summed E-state index contributed by atoms with van der Waals surface area (Å²) in [5.74, 6) is -0.0199. The quantitative estimate of drug-likeness (QED) is 0.931. The van der Waals surface area contributed by atoms with Crippen LogP contribution in [0.25, 0.3) is 0 Å². The molecule has 2 aromatic rings. The predicted octanol–water partition coefficient (Wildman–Crippen LogP) is 2.30. The van der Waals surface area contributed by atoms with Crippen LogP contribution in [-0.2, 0) is 26.4 Å². The van der Waals surface area contributed by atoms with E-state index < -0.39 is 0 Å². The Kier molecular flexibility index (Phi) is 4.57. The van der Waals surface area contributed by atoms with Crippen LogP contribution in [0.5, 0.6) is 0 Å². The fourth-order valence-electron chi connectivity index (χ4n) is 3.83. The average molecular weight is 338 g/mol. The van der Waals surface area contributed by atoms with E-state index in [0.717, 1.165) is 43.2 Å². The summed E-state index contributed by atoms with van der Waals surface area (Å²) in [4.78, 5) is 15.1. The first-order valence-electron chi connectivity index (χ1n) is 9.31. The van der Waals surface area contributed by atoms with E-state index in [1.807, 2.05) is 25.4 Å². The van der Waals surface area contributed by atoms with Gasteiger partial charge in [-0.3, -0.25) is 14.4 Å². The molecule has 2 aliphatic rings. The molecular formula is C20H26N4O. The summed E-state index contributed by atoms with van der Waals surface area (Å²) in [5, 5.41) is 7.26. The van der Waals surface area contributed by atoms with Crippen molar-refractivity contribution in [1.82, 2.24) is 20.0 Å². The summed E-state index contributed by atoms with van der Waals surface area (Å²) in [5.41, 5.74) is 4.38. The first-order chi connectivity index (χ1) is 12.2. The third-order valence-electron chi connectivity index (χ3n) is 5.60. The number of amides is 1. The maximum Gasteiger partial charge on any atom is 0.251 e. The van der Waals surface area contributed by atoms with E-state index in [9.17, 15) is 4.79 Å². The lowest BCUT2D eigenvalue weighted by Gasteiger charge is -2.36. The van der Waals surface area contributed by atoms with Crippen LogP contribution in [0.1, 0.15) is 46.4 Å². The van der Waals surface area contributed by atoms with Crippen LogP contribution < -0.4 is 5.32 Å². The molecule has 1 aromatic carbocycles. The Hall–Kier alpha value is -2.14. The third-order valence-corrected chi connectivity index (χ3v) is 5.60. The van der Waals surface area contributed by atoms with Crippen molar-refractivity contribution in [3.8, 4) is 0 Å². The number of rotatable bonds is 4. The molecule has 25 heavy (non-hydrogen) atoms. The Bertz CT molecular complexity index is 763. The summed E-state index contributed by atoms with van der Waals surface area (Å²) in [7, 11) is 1.88. The highest BCUT2D eigenvalue weighted by molar-refractivity contribution is 5.94. The molecule has 0 saturated heterocycles. The lowest BCUT2D eigenvalue weighted by Crippen LogP contribution is -2.41. The SMILES string of the molecule is Cn1ccc(CNC(=O)c2ccc3c(c2)CCN(C2CCC2)CC3)n1. The van der Waals surface area contributed by atoms with Crippen LogP contribution >= 0.6 is 0 Å². The third kappa shape index (κ3) is 3.61. The molecule has 132 valence electrons. The number of nitrogens with zero attached hydrogens (tertiary/aromatic N) is 3. The van der Waals surface area contributed by atoms with Crippen LogP contribution in [0.4, 0.5) is 0 Å². The van der Waals surface area contributed by atoms with Gasteiger partial charge in [-0.1, -0.05) is 12.5 Å². The average Bonchev–Trinajstić information content (AvgIpc) is 2.87. The smallest absolute Gasteiger partial charge is 0.251 e. The van der Waals surface area contributed by atoms with Crippen LogP contribution in [0.2, 0.25) is 0 Å². The van der Waals surface area contributed by atoms with Crippen molar-refractivity contribution in [3.05, 3.63) is 52.8 Å². The zero-order chi connectivity index (χ0) is 17.2. The summed E-state index contributed by atoms with van der Waals surface area (Å²) in [6, 6.07) is 8.93. The number of nitrogens with one attached hydrogen (secondary N) is 1. The van der Waals surface area contributed by atoms with E-state index in [4.69, 9.17) is 0 Å². The molecule has 0 bridgehead atoms. The molecule has 1 amide bonds. The molecule has 5 nitrogen and oxygen atoms in total. The largest absolute Gasteiger partial charge is 0.346 e. The molecule has 1 aliphatic heterocycles. The molecule has 1 aliphatic carbocycles. The number of aryl methyl sites for hydroxylation is 1. The number of hydrogen-bond donors (Lipinski definition) is 1. The van der Waals surface area contributed by atoms with Gasteiger partial charge in [0.2, 0.25) is 0 Å². The zero-order valence-electron chi connectivity index (χ0n) is 14.9. The van der Waals surface area contributed by atoms with Crippen LogP contribution in [0.3, 0.4) is 0 Å². The maximum atomic E-state index is 12.5. The van der Waals surface area contributed by atoms with E-state index in [1.54, 1.807) is 4.68 Å². The standard InChI is InChI=1S/C20H26N4O/c1-23-10-9-18(22-23)14-21-20(25)17-6-5-15-7-11-24(19-3-2-4-19)12-8-16(15)13-17/h5-6,9-10,13,19H,2-4,7-8,11-12,14H2,1H3,(H,21,25). The van der Waals surface area contributed by atoms with Crippen molar-refractivity contribution in [3.63, 3.8) is 0 Å². The molecule has 1 saturated carbocycles. The zero-order valence-corrected chi connectivity index (χ0v) is 14.9. The van der Waals surface area contributed by atoms with Gasteiger partial charge in [0.25, 0.3) is 5.91 Å². The normalized spacial score (nSPS) is 18.3. The van der Waals surface area contributed by atoms with Gasteiger partial charge in [0.15, 0.2) is 0 Å². The fourth-order valence-corrected chi connectivity index (χ4v) is 3.83. The Morgan fingerprint density at radius 1 is 1.20 bits per heavy atom. The van der Waals surface area contributed by atoms with Gasteiger partial charge >= 0.3 is 0 Å². The van der Waals surface area contributed by atoms with Crippen molar-refractivity contribution in [2.45, 2.75) is 44.7 Å². The highest BCUT2D eigenvalue weighted by atomic mass is 16.1. The minimum Gasteiger partial charge on any atom is -0.346 e. The minimum atomic E-state index is -0.0199. The summed E-state index contributed by atoms with van der Waals surface area (Å²) in [6.45, 7) is 2.74. The predicted molar refractivity (Wildman–Crippen MR) is 97.4 cm³/mol. The van der Waals surface area contributed by atoms with Crippen molar-refractivity contribution >= 4 is 5.91 Å². The molecule has 2 heterocycles. The van der Waals surface area contributed by atoms with Crippen molar-refractivity contribution < 1.29 is 4.79 Å². The number of carbonyl (C=O) groups excluding carboxylic acids is 1. The Morgan fingerprint density at radius 3 is 2.68 bits per heavy atom. The first kappa shape index (κ1) is 16.3. The molecule has 1 fully saturated rings. The number of aromatic nitrogens is 2. The summed E-state index contributed by atoms with van der Waals surface area (Å²) >= 11 is 0. The number of benzene rings is 1. The van der Waals surface area contributed by atoms with Gasteiger partial charge < -0.3 is 5.32 Å². The maximum absolute atomic E-state index is 12.5. The van der Waals surface area contributed by atoms with Gasteiger partial charge in [-0.15, -0.1) is 0 Å². The van der Waals surface area contributed by atoms with Crippen LogP contribution in [0, 0.1) is 0 Å². The van der Waals surface area contributed by atoms with Gasteiger partial charge in [-0.05, 0) is 55.0 Å². The molecule has 4 rings (SSSR count). The van der Waals surface area contributed by atoms with E-state index >= 15 is 0 Å². The first-order valence-corrected chi connectivity index (χ1v) is 9.31. The van der Waals surface area contributed by atoms with E-state index in [1.165, 1.54) is 30.4 Å². The second-order valence-corrected chi connectivity index (χ2v) is 7.27. The summed E-state index contributed by atoms with van der Waals surface area (Å²) in [6.07, 6.45) is 8.14. The molecule has 0 atom stereocenters. The Labute approximate surface area is 149 Å². The second kappa shape index (κ2) is 7.00. The molecule has 0 unspecified atom stereocenters. The monoisotopic (exact) mass is 338 g/mol. The number of carbonyl (C=O) groups is 1. The van der Waals surface area contributed by atoms with E-state index in [-0.39, 0.29) is 5.91 Å². The molecule has 0 radical (unpaired) electrons. The van der Waals surface area contributed by atoms with Crippen molar-refractivity contribution in [2.24, 2.45) is 7.05 Å². The van der Waals surface area contributed by atoms with Gasteiger partial charge in [-0.25, -0.2) is 0 Å². The molecule has 1 N–H and O–H groups in total. The lowest BCUT2D eigenvalue weighted by atomic mass is 9.91. The molecular weight excluding hydrogens is 312 g/mol. The molecule has 5 heteroatoms. The minimum absolute atomic E-state index is 0.0199. The Balaban J connectivity index is 1.40.